The molecule has 1 amide bonds. The molecule has 2 atom stereocenters. The number of nitrogens with one attached hydrogen (secondary N) is 1. The lowest BCUT2D eigenvalue weighted by molar-refractivity contribution is -0.128. The number of likely N-dealkylation sites (tertiary alicyclic amines) is 1. The first-order valence-corrected chi connectivity index (χ1v) is 9.06. The molecule has 2 aliphatic rings. The van der Waals surface area contributed by atoms with Crippen molar-refractivity contribution in [1.29, 1.82) is 0 Å². The number of amides is 1. The van der Waals surface area contributed by atoms with Crippen molar-refractivity contribution in [3.8, 4) is 5.75 Å². The van der Waals surface area contributed by atoms with Gasteiger partial charge in [0.15, 0.2) is 0 Å². The first-order chi connectivity index (χ1) is 11.8. The molecule has 2 fully saturated rings. The molecule has 0 bridgehead atoms. The summed E-state index contributed by atoms with van der Waals surface area (Å²) in [5.41, 5.74) is -0.334. The van der Waals surface area contributed by atoms with Gasteiger partial charge in [0.1, 0.15) is 10.8 Å². The van der Waals surface area contributed by atoms with E-state index in [1.54, 1.807) is 23.7 Å². The van der Waals surface area contributed by atoms with Gasteiger partial charge >= 0.3 is 0 Å². The maximum absolute atomic E-state index is 12.5. The number of hydrogen-bond acceptors (Lipinski definition) is 6. The maximum Gasteiger partial charge on any atom is 0.228 e. The van der Waals surface area contributed by atoms with Crippen molar-refractivity contribution in [2.24, 2.45) is 11.3 Å². The lowest BCUT2D eigenvalue weighted by atomic mass is 9.77. The van der Waals surface area contributed by atoms with Gasteiger partial charge < -0.3 is 10.1 Å². The zero-order chi connectivity index (χ0) is 16.4. The predicted molar refractivity (Wildman–Crippen MR) is 90.7 cm³/mol. The summed E-state index contributed by atoms with van der Waals surface area (Å²) in [6.07, 6.45) is 6.15. The Morgan fingerprint density at radius 1 is 1.46 bits per heavy atom. The van der Waals surface area contributed by atoms with Crippen LogP contribution in [-0.4, -0.2) is 47.0 Å². The molecule has 4 rings (SSSR count). The quantitative estimate of drug-likeness (QED) is 0.891. The van der Waals surface area contributed by atoms with Crippen molar-refractivity contribution in [3.63, 3.8) is 0 Å². The molecule has 0 saturated carbocycles. The highest BCUT2D eigenvalue weighted by Crippen LogP contribution is 2.42. The van der Waals surface area contributed by atoms with Gasteiger partial charge in [0.05, 0.1) is 24.8 Å². The highest BCUT2D eigenvalue weighted by molar-refractivity contribution is 7.09. The number of carbonyl (C=O) groups is 1. The Labute approximate surface area is 144 Å². The van der Waals surface area contributed by atoms with E-state index in [1.165, 1.54) is 0 Å². The predicted octanol–water partition coefficient (Wildman–Crippen LogP) is 1.56. The van der Waals surface area contributed by atoms with Gasteiger partial charge in [0.25, 0.3) is 0 Å². The lowest BCUT2D eigenvalue weighted by Crippen LogP contribution is -2.40. The van der Waals surface area contributed by atoms with E-state index < -0.39 is 0 Å². The molecule has 2 aliphatic heterocycles. The van der Waals surface area contributed by atoms with Gasteiger partial charge in [0, 0.05) is 36.8 Å². The molecule has 24 heavy (non-hydrogen) atoms. The number of hydrogen-bond donors (Lipinski definition) is 1. The topological polar surface area (TPSA) is 67.3 Å². The molecule has 0 aliphatic carbocycles. The summed E-state index contributed by atoms with van der Waals surface area (Å²) in [5, 5.41) is 6.14. The summed E-state index contributed by atoms with van der Waals surface area (Å²) in [4.78, 5) is 23.3. The first kappa shape index (κ1) is 15.5. The minimum absolute atomic E-state index is 0.170. The largest absolute Gasteiger partial charge is 0.492 e. The summed E-state index contributed by atoms with van der Waals surface area (Å²) in [5.74, 6) is 1.11. The van der Waals surface area contributed by atoms with Crippen molar-refractivity contribution in [2.75, 3.05) is 26.2 Å². The first-order valence-electron chi connectivity index (χ1n) is 8.18. The Balaban J connectivity index is 1.43. The van der Waals surface area contributed by atoms with E-state index in [2.05, 4.69) is 20.2 Å². The molecule has 1 N–H and O–H groups in total. The van der Waals surface area contributed by atoms with Crippen LogP contribution in [0.15, 0.2) is 36.1 Å². The Morgan fingerprint density at radius 2 is 2.42 bits per heavy atom. The van der Waals surface area contributed by atoms with Gasteiger partial charge in [-0.1, -0.05) is 0 Å². The summed E-state index contributed by atoms with van der Waals surface area (Å²) >= 11 is 1.66. The number of aromatic nitrogens is 2. The van der Waals surface area contributed by atoms with Gasteiger partial charge in [-0.25, -0.2) is 4.98 Å². The third-order valence-corrected chi connectivity index (χ3v) is 5.81. The van der Waals surface area contributed by atoms with Crippen molar-refractivity contribution in [2.45, 2.75) is 13.0 Å². The number of pyridine rings is 1. The average molecular weight is 344 g/mol. The second-order valence-corrected chi connectivity index (χ2v) is 7.43. The Bertz CT molecular complexity index is 694. The van der Waals surface area contributed by atoms with E-state index in [9.17, 15) is 4.79 Å². The molecule has 6 nitrogen and oxygen atoms in total. The van der Waals surface area contributed by atoms with Crippen molar-refractivity contribution in [1.82, 2.24) is 20.2 Å². The lowest BCUT2D eigenvalue weighted by Gasteiger charge is -2.28. The third kappa shape index (κ3) is 2.89. The molecule has 2 saturated heterocycles. The van der Waals surface area contributed by atoms with Crippen molar-refractivity contribution in [3.05, 3.63) is 41.1 Å². The zero-order valence-corrected chi connectivity index (χ0v) is 14.2. The molecule has 2 aromatic rings. The number of nitrogens with zero attached hydrogens (tertiary/aromatic N) is 3. The van der Waals surface area contributed by atoms with Gasteiger partial charge in [0.2, 0.25) is 5.91 Å². The Kier molecular flexibility index (Phi) is 4.20. The fourth-order valence-corrected chi connectivity index (χ4v) is 4.37. The van der Waals surface area contributed by atoms with E-state index in [0.717, 1.165) is 36.8 Å². The number of rotatable bonds is 5. The van der Waals surface area contributed by atoms with E-state index in [4.69, 9.17) is 4.74 Å². The van der Waals surface area contributed by atoms with Crippen LogP contribution < -0.4 is 10.1 Å². The normalized spacial score (nSPS) is 26.8. The Hall–Kier alpha value is -1.99. The molecule has 2 aromatic heterocycles. The molecular formula is C17H20N4O2S. The van der Waals surface area contributed by atoms with Crippen LogP contribution in [0.4, 0.5) is 0 Å². The smallest absolute Gasteiger partial charge is 0.228 e. The van der Waals surface area contributed by atoms with Gasteiger partial charge in [-0.3, -0.25) is 14.7 Å². The zero-order valence-electron chi connectivity index (χ0n) is 13.4. The van der Waals surface area contributed by atoms with Crippen LogP contribution in [0.1, 0.15) is 11.4 Å². The molecule has 126 valence electrons. The highest BCUT2D eigenvalue weighted by Gasteiger charge is 2.54. The third-order valence-electron chi connectivity index (χ3n) is 5.05. The van der Waals surface area contributed by atoms with Crippen LogP contribution >= 0.6 is 11.3 Å². The van der Waals surface area contributed by atoms with E-state index in [1.807, 2.05) is 23.7 Å². The molecular weight excluding hydrogens is 324 g/mol. The molecule has 7 heteroatoms. The summed E-state index contributed by atoms with van der Waals surface area (Å²) in [7, 11) is 0. The molecule has 0 aromatic carbocycles. The molecule has 0 radical (unpaired) electrons. The monoisotopic (exact) mass is 344 g/mol. The maximum atomic E-state index is 12.5. The minimum Gasteiger partial charge on any atom is -0.492 e. The van der Waals surface area contributed by atoms with E-state index >= 15 is 0 Å². The molecule has 4 heterocycles. The summed E-state index contributed by atoms with van der Waals surface area (Å²) < 4.78 is 5.88. The highest BCUT2D eigenvalue weighted by atomic mass is 32.1. The van der Waals surface area contributed by atoms with Crippen LogP contribution in [-0.2, 0) is 11.3 Å². The summed E-state index contributed by atoms with van der Waals surface area (Å²) in [6.45, 7) is 3.75. The number of ether oxygens (including phenoxy) is 1. The van der Waals surface area contributed by atoms with Gasteiger partial charge in [-0.05, 0) is 25.1 Å². The molecule has 0 unspecified atom stereocenters. The molecule has 1 spiro atoms. The minimum atomic E-state index is -0.334. The SMILES string of the molecule is O=C1NC[C@@H](COc2cccnc2)[C@@]12CCN(Cc1nccs1)C2. The number of carbonyl (C=O) groups excluding carboxylic acids is 1. The van der Waals surface area contributed by atoms with Gasteiger partial charge in [-0.15, -0.1) is 11.3 Å². The fraction of sp³-hybridized carbons (Fsp3) is 0.471. The number of thiazole rings is 1. The second kappa shape index (κ2) is 6.49. The van der Waals surface area contributed by atoms with Crippen LogP contribution in [0.3, 0.4) is 0 Å². The van der Waals surface area contributed by atoms with Crippen LogP contribution in [0.5, 0.6) is 5.75 Å². The van der Waals surface area contributed by atoms with Crippen LogP contribution in [0, 0.1) is 11.3 Å². The Morgan fingerprint density at radius 3 is 3.21 bits per heavy atom. The van der Waals surface area contributed by atoms with Crippen LogP contribution in [0.2, 0.25) is 0 Å². The standard InChI is InChI=1S/C17H20N4O2S/c22-16-17(3-6-21(12-17)10-15-19-5-7-24-15)13(8-20-16)11-23-14-2-1-4-18-9-14/h1-2,4-5,7,9,13H,3,6,8,10-12H2,(H,20,22)/t13-,17-/m0/s1. The second-order valence-electron chi connectivity index (χ2n) is 6.45. The van der Waals surface area contributed by atoms with Crippen molar-refractivity contribution < 1.29 is 9.53 Å². The average Bonchev–Trinajstić information content (AvgIpc) is 3.32. The van der Waals surface area contributed by atoms with E-state index in [0.29, 0.717) is 13.2 Å². The summed E-state index contributed by atoms with van der Waals surface area (Å²) in [6, 6.07) is 3.75. The van der Waals surface area contributed by atoms with Crippen molar-refractivity contribution >= 4 is 17.2 Å². The van der Waals surface area contributed by atoms with Gasteiger partial charge in [-0.2, -0.15) is 0 Å². The van der Waals surface area contributed by atoms with E-state index in [-0.39, 0.29) is 17.2 Å². The fourth-order valence-electron chi connectivity index (χ4n) is 3.71. The van der Waals surface area contributed by atoms with Crippen LogP contribution in [0.25, 0.3) is 0 Å².